The number of esters is 3. The topological polar surface area (TPSA) is 78.9 Å². The standard InChI is InChI=1S/C76H132O6/c1-4-7-10-13-16-19-22-25-28-30-31-32-33-34-35-36-37-38-39-40-41-42-43-44-46-48-51-54-57-60-63-66-69-75(78)81-72-73(71-80-74(77)68-65-62-59-56-53-50-47-27-24-21-18-15-12-9-6-3)82-76(79)70-67-64-61-58-55-52-49-45-29-26-23-20-17-14-11-8-5-2/h8-9,11-12,17-18,20-21,26-27,29,47,49,52-53,56,73H,4-7,10,13-16,19,22-25,28,30-46,48,50-51,54-55,57-72H2,1-3H3/b11-8-,12-9-,20-17-,21-18-,29-26-,47-27-,52-49-,56-53-. The number of allylic oxidation sites excluding steroid dienone is 16. The van der Waals surface area contributed by atoms with Crippen molar-refractivity contribution < 1.29 is 28.6 Å². The van der Waals surface area contributed by atoms with Gasteiger partial charge in [0.1, 0.15) is 13.2 Å². The Kier molecular flexibility index (Phi) is 66.7. The van der Waals surface area contributed by atoms with Gasteiger partial charge in [0.2, 0.25) is 0 Å². The second-order valence-corrected chi connectivity index (χ2v) is 23.4. The van der Waals surface area contributed by atoms with Crippen LogP contribution in [0.2, 0.25) is 0 Å². The van der Waals surface area contributed by atoms with E-state index in [1.807, 2.05) is 0 Å². The molecule has 0 aromatic carbocycles. The van der Waals surface area contributed by atoms with Crippen LogP contribution >= 0.6 is 0 Å². The minimum absolute atomic E-state index is 0.0990. The summed E-state index contributed by atoms with van der Waals surface area (Å²) in [6.45, 7) is 6.40. The summed E-state index contributed by atoms with van der Waals surface area (Å²) in [5, 5.41) is 0. The van der Waals surface area contributed by atoms with E-state index in [0.717, 1.165) is 122 Å². The minimum Gasteiger partial charge on any atom is -0.462 e. The Balaban J connectivity index is 4.22. The van der Waals surface area contributed by atoms with Crippen LogP contribution < -0.4 is 0 Å². The summed E-state index contributed by atoms with van der Waals surface area (Å²) in [5.41, 5.74) is 0. The quantitative estimate of drug-likeness (QED) is 0.0261. The summed E-state index contributed by atoms with van der Waals surface area (Å²) in [4.78, 5) is 38.4. The first kappa shape index (κ1) is 78.3. The average Bonchev–Trinajstić information content (AvgIpc) is 3.47. The lowest BCUT2D eigenvalue weighted by atomic mass is 10.0. The lowest BCUT2D eigenvalue weighted by Gasteiger charge is -2.18. The molecule has 0 aliphatic carbocycles. The van der Waals surface area contributed by atoms with E-state index in [1.165, 1.54) is 186 Å². The maximum atomic E-state index is 12.9. The van der Waals surface area contributed by atoms with Crippen molar-refractivity contribution in [1.82, 2.24) is 0 Å². The van der Waals surface area contributed by atoms with E-state index in [9.17, 15) is 14.4 Å². The third-order valence-electron chi connectivity index (χ3n) is 15.3. The molecule has 0 aromatic rings. The number of unbranched alkanes of at least 4 members (excludes halogenated alkanes) is 37. The molecular weight excluding hydrogens is 1010 g/mol. The van der Waals surface area contributed by atoms with Gasteiger partial charge >= 0.3 is 17.9 Å². The normalized spacial score (nSPS) is 12.7. The van der Waals surface area contributed by atoms with Crippen molar-refractivity contribution in [3.63, 3.8) is 0 Å². The highest BCUT2D eigenvalue weighted by molar-refractivity contribution is 5.71. The van der Waals surface area contributed by atoms with Crippen LogP contribution in [0, 0.1) is 0 Å². The fraction of sp³-hybridized carbons (Fsp3) is 0.750. The SMILES string of the molecule is CC/C=C\C/C=C\C/C=C\C/C=C\CCCCCCC(=O)OC(COC(=O)CCCC/C=C\C/C=C\C/C=C\C/C=C\CC)COC(=O)CCCCCCCCCCCCCCCCCCCCCCCCCCCCCCCCCC. The molecule has 0 aliphatic rings. The molecule has 0 heterocycles. The Morgan fingerprint density at radius 3 is 0.768 bits per heavy atom. The van der Waals surface area contributed by atoms with Gasteiger partial charge in [-0.3, -0.25) is 14.4 Å². The fourth-order valence-electron chi connectivity index (χ4n) is 10.1. The summed E-state index contributed by atoms with van der Waals surface area (Å²) >= 11 is 0. The van der Waals surface area contributed by atoms with Crippen LogP contribution in [-0.2, 0) is 28.6 Å². The van der Waals surface area contributed by atoms with Gasteiger partial charge in [0.05, 0.1) is 0 Å². The van der Waals surface area contributed by atoms with Gasteiger partial charge < -0.3 is 14.2 Å². The molecule has 6 heteroatoms. The van der Waals surface area contributed by atoms with E-state index in [4.69, 9.17) is 14.2 Å². The van der Waals surface area contributed by atoms with E-state index >= 15 is 0 Å². The van der Waals surface area contributed by atoms with Crippen LogP contribution in [-0.4, -0.2) is 37.2 Å². The van der Waals surface area contributed by atoms with Gasteiger partial charge in [-0.15, -0.1) is 0 Å². The molecular formula is C76H132O6. The van der Waals surface area contributed by atoms with Crippen molar-refractivity contribution >= 4 is 17.9 Å². The number of hydrogen-bond donors (Lipinski definition) is 0. The van der Waals surface area contributed by atoms with Crippen LogP contribution in [0.25, 0.3) is 0 Å². The molecule has 1 atom stereocenters. The van der Waals surface area contributed by atoms with Crippen LogP contribution in [0.15, 0.2) is 97.2 Å². The van der Waals surface area contributed by atoms with Crippen LogP contribution in [0.5, 0.6) is 0 Å². The second-order valence-electron chi connectivity index (χ2n) is 23.4. The molecule has 1 unspecified atom stereocenters. The molecule has 0 spiro atoms. The minimum atomic E-state index is -0.809. The van der Waals surface area contributed by atoms with Gasteiger partial charge in [-0.2, -0.15) is 0 Å². The third kappa shape index (κ3) is 67.1. The first-order valence-corrected chi connectivity index (χ1v) is 35.2. The molecule has 0 saturated heterocycles. The first-order chi connectivity index (χ1) is 40.5. The number of carbonyl (C=O) groups is 3. The zero-order valence-corrected chi connectivity index (χ0v) is 54.2. The van der Waals surface area contributed by atoms with Gasteiger partial charge in [-0.05, 0) is 96.3 Å². The number of rotatable bonds is 64. The highest BCUT2D eigenvalue weighted by Gasteiger charge is 2.19. The molecule has 0 aromatic heterocycles. The van der Waals surface area contributed by atoms with Crippen molar-refractivity contribution in [2.24, 2.45) is 0 Å². The van der Waals surface area contributed by atoms with E-state index in [-0.39, 0.29) is 31.1 Å². The second kappa shape index (κ2) is 69.8. The van der Waals surface area contributed by atoms with Crippen molar-refractivity contribution in [3.05, 3.63) is 97.2 Å². The molecule has 0 amide bonds. The first-order valence-electron chi connectivity index (χ1n) is 35.2. The predicted molar refractivity (Wildman–Crippen MR) is 357 cm³/mol. The van der Waals surface area contributed by atoms with Gasteiger partial charge in [0.15, 0.2) is 6.10 Å². The fourth-order valence-corrected chi connectivity index (χ4v) is 10.1. The van der Waals surface area contributed by atoms with Crippen molar-refractivity contribution in [3.8, 4) is 0 Å². The maximum Gasteiger partial charge on any atom is 0.306 e. The predicted octanol–water partition coefficient (Wildman–Crippen LogP) is 24.4. The smallest absolute Gasteiger partial charge is 0.306 e. The lowest BCUT2D eigenvalue weighted by Crippen LogP contribution is -2.30. The summed E-state index contributed by atoms with van der Waals surface area (Å²) < 4.78 is 16.9. The Morgan fingerprint density at radius 2 is 0.476 bits per heavy atom. The van der Waals surface area contributed by atoms with E-state index in [2.05, 4.69) is 118 Å². The van der Waals surface area contributed by atoms with E-state index in [0.29, 0.717) is 19.3 Å². The van der Waals surface area contributed by atoms with E-state index < -0.39 is 6.10 Å². The Bertz CT molecular complexity index is 1590. The summed E-state index contributed by atoms with van der Waals surface area (Å²) in [5.74, 6) is -0.954. The molecule has 0 aliphatic heterocycles. The zero-order chi connectivity index (χ0) is 59.2. The Labute approximate surface area is 508 Å². The van der Waals surface area contributed by atoms with Crippen LogP contribution in [0.3, 0.4) is 0 Å². The molecule has 0 N–H and O–H groups in total. The highest BCUT2D eigenvalue weighted by atomic mass is 16.6. The molecule has 0 saturated carbocycles. The highest BCUT2D eigenvalue weighted by Crippen LogP contribution is 2.18. The summed E-state index contributed by atoms with van der Waals surface area (Å²) in [6, 6.07) is 0. The third-order valence-corrected chi connectivity index (χ3v) is 15.3. The molecule has 0 rings (SSSR count). The molecule has 0 radical (unpaired) electrons. The summed E-state index contributed by atoms with van der Waals surface area (Å²) in [7, 11) is 0. The average molecular weight is 1140 g/mol. The van der Waals surface area contributed by atoms with Crippen molar-refractivity contribution in [2.45, 2.75) is 354 Å². The van der Waals surface area contributed by atoms with Crippen molar-refractivity contribution in [1.29, 1.82) is 0 Å². The van der Waals surface area contributed by atoms with Crippen LogP contribution in [0.1, 0.15) is 348 Å². The number of carbonyl (C=O) groups excluding carboxylic acids is 3. The largest absolute Gasteiger partial charge is 0.462 e. The monoisotopic (exact) mass is 1140 g/mol. The molecule has 82 heavy (non-hydrogen) atoms. The van der Waals surface area contributed by atoms with Gasteiger partial charge in [-0.25, -0.2) is 0 Å². The lowest BCUT2D eigenvalue weighted by molar-refractivity contribution is -0.167. The van der Waals surface area contributed by atoms with E-state index in [1.54, 1.807) is 0 Å². The van der Waals surface area contributed by atoms with Gasteiger partial charge in [0, 0.05) is 19.3 Å². The molecule has 6 nitrogen and oxygen atoms in total. The Morgan fingerprint density at radius 1 is 0.256 bits per heavy atom. The van der Waals surface area contributed by atoms with Crippen LogP contribution in [0.4, 0.5) is 0 Å². The van der Waals surface area contributed by atoms with Crippen molar-refractivity contribution in [2.75, 3.05) is 13.2 Å². The maximum absolute atomic E-state index is 12.9. The molecule has 0 bridgehead atoms. The summed E-state index contributed by atoms with van der Waals surface area (Å²) in [6.07, 6.45) is 94.6. The molecule has 0 fully saturated rings. The number of ether oxygens (including phenoxy) is 3. The molecule has 472 valence electrons. The van der Waals surface area contributed by atoms with Gasteiger partial charge in [0.25, 0.3) is 0 Å². The van der Waals surface area contributed by atoms with Gasteiger partial charge in [-0.1, -0.05) is 330 Å². The Hall–Kier alpha value is -3.67. The number of hydrogen-bond acceptors (Lipinski definition) is 6. The zero-order valence-electron chi connectivity index (χ0n) is 54.2.